The van der Waals surface area contributed by atoms with Crippen LogP contribution in [0.15, 0.2) is 28.7 Å². The summed E-state index contributed by atoms with van der Waals surface area (Å²) >= 11 is 3.28. The van der Waals surface area contributed by atoms with Gasteiger partial charge in [-0.2, -0.15) is 5.26 Å². The van der Waals surface area contributed by atoms with Gasteiger partial charge in [0.25, 0.3) is 0 Å². The maximum Gasteiger partial charge on any atom is 0.215 e. The lowest BCUT2D eigenvalue weighted by molar-refractivity contribution is 0.572. The molecule has 0 heterocycles. The number of hydrogen-bond acceptors (Lipinski definition) is 3. The van der Waals surface area contributed by atoms with Gasteiger partial charge in [0.05, 0.1) is 17.7 Å². The molecular formula is C11H13BrN2O2S. The highest BCUT2D eigenvalue weighted by Gasteiger charge is 2.12. The molecule has 0 saturated heterocycles. The monoisotopic (exact) mass is 316 g/mol. The van der Waals surface area contributed by atoms with Crippen molar-refractivity contribution in [2.75, 3.05) is 6.54 Å². The summed E-state index contributed by atoms with van der Waals surface area (Å²) in [6.07, 6.45) is 0. The predicted molar refractivity (Wildman–Crippen MR) is 69.5 cm³/mol. The second-order valence-corrected chi connectivity index (χ2v) is 6.49. The van der Waals surface area contributed by atoms with Gasteiger partial charge < -0.3 is 0 Å². The number of nitriles is 1. The Morgan fingerprint density at radius 1 is 1.41 bits per heavy atom. The van der Waals surface area contributed by atoms with Gasteiger partial charge >= 0.3 is 0 Å². The smallest absolute Gasteiger partial charge is 0.214 e. The Morgan fingerprint density at radius 2 is 2.00 bits per heavy atom. The number of nitrogens with zero attached hydrogens (tertiary/aromatic N) is 1. The van der Waals surface area contributed by atoms with Crippen molar-refractivity contribution in [3.8, 4) is 6.07 Å². The molecule has 1 aromatic carbocycles. The third-order valence-corrected chi connectivity index (χ3v) is 3.95. The van der Waals surface area contributed by atoms with Crippen molar-refractivity contribution >= 4 is 26.0 Å². The van der Waals surface area contributed by atoms with Crippen molar-refractivity contribution < 1.29 is 8.42 Å². The van der Waals surface area contributed by atoms with Crippen molar-refractivity contribution in [2.24, 2.45) is 5.92 Å². The van der Waals surface area contributed by atoms with E-state index in [0.717, 1.165) is 4.47 Å². The van der Waals surface area contributed by atoms with E-state index in [-0.39, 0.29) is 18.2 Å². The summed E-state index contributed by atoms with van der Waals surface area (Å²) in [6.45, 7) is 1.82. The molecule has 0 fully saturated rings. The van der Waals surface area contributed by atoms with Crippen LogP contribution in [0.1, 0.15) is 12.5 Å². The van der Waals surface area contributed by atoms with Gasteiger partial charge in [0.1, 0.15) is 0 Å². The first kappa shape index (κ1) is 14.2. The van der Waals surface area contributed by atoms with Gasteiger partial charge in [0, 0.05) is 11.0 Å². The minimum absolute atomic E-state index is 0.0710. The third kappa shape index (κ3) is 5.31. The van der Waals surface area contributed by atoms with E-state index in [9.17, 15) is 8.42 Å². The molecule has 0 unspecified atom stereocenters. The molecule has 0 aromatic heterocycles. The molecule has 0 amide bonds. The second kappa shape index (κ2) is 6.15. The van der Waals surface area contributed by atoms with Crippen molar-refractivity contribution in [3.05, 3.63) is 34.3 Å². The largest absolute Gasteiger partial charge is 0.215 e. The fourth-order valence-corrected chi connectivity index (χ4v) is 2.65. The number of halogens is 1. The SMILES string of the molecule is C[C@@H](C#N)CNS(=O)(=O)Cc1ccc(Br)cc1. The zero-order valence-electron chi connectivity index (χ0n) is 9.35. The number of sulfonamides is 1. The first-order valence-corrected chi connectivity index (χ1v) is 7.49. The summed E-state index contributed by atoms with van der Waals surface area (Å²) in [6, 6.07) is 9.06. The molecule has 17 heavy (non-hydrogen) atoms. The van der Waals surface area contributed by atoms with E-state index in [1.807, 2.05) is 6.07 Å². The van der Waals surface area contributed by atoms with E-state index >= 15 is 0 Å². The van der Waals surface area contributed by atoms with Gasteiger partial charge in [-0.1, -0.05) is 28.1 Å². The van der Waals surface area contributed by atoms with Crippen LogP contribution in [0.3, 0.4) is 0 Å². The molecule has 1 rings (SSSR count). The van der Waals surface area contributed by atoms with E-state index in [2.05, 4.69) is 20.7 Å². The molecule has 0 spiro atoms. The standard InChI is InChI=1S/C11H13BrN2O2S/c1-9(6-13)7-14-17(15,16)8-10-2-4-11(12)5-3-10/h2-5,9,14H,7-8H2,1H3/t9-/m0/s1. The Balaban J connectivity index is 2.61. The molecular weight excluding hydrogens is 304 g/mol. The van der Waals surface area contributed by atoms with Crippen LogP contribution in [-0.4, -0.2) is 15.0 Å². The van der Waals surface area contributed by atoms with Gasteiger partial charge in [-0.25, -0.2) is 13.1 Å². The van der Waals surface area contributed by atoms with Crippen LogP contribution < -0.4 is 4.72 Å². The highest BCUT2D eigenvalue weighted by molar-refractivity contribution is 9.10. The molecule has 1 N–H and O–H groups in total. The first-order valence-electron chi connectivity index (χ1n) is 5.04. The number of nitrogens with one attached hydrogen (secondary N) is 1. The molecule has 0 saturated carbocycles. The number of hydrogen-bond donors (Lipinski definition) is 1. The lowest BCUT2D eigenvalue weighted by atomic mass is 10.2. The highest BCUT2D eigenvalue weighted by atomic mass is 79.9. The van der Waals surface area contributed by atoms with Crippen molar-refractivity contribution in [2.45, 2.75) is 12.7 Å². The van der Waals surface area contributed by atoms with Gasteiger partial charge in [0.15, 0.2) is 0 Å². The number of rotatable bonds is 5. The second-order valence-electron chi connectivity index (χ2n) is 3.76. The number of benzene rings is 1. The maximum absolute atomic E-state index is 11.7. The normalized spacial score (nSPS) is 13.0. The average Bonchev–Trinajstić information content (AvgIpc) is 2.29. The summed E-state index contributed by atoms with van der Waals surface area (Å²) in [5, 5.41) is 8.56. The Hall–Kier alpha value is -0.900. The van der Waals surface area contributed by atoms with Gasteiger partial charge in [-0.05, 0) is 24.6 Å². The van der Waals surface area contributed by atoms with Crippen LogP contribution in [0.5, 0.6) is 0 Å². The van der Waals surface area contributed by atoms with Crippen LogP contribution >= 0.6 is 15.9 Å². The zero-order valence-corrected chi connectivity index (χ0v) is 11.8. The minimum atomic E-state index is -3.37. The Morgan fingerprint density at radius 3 is 2.53 bits per heavy atom. The quantitative estimate of drug-likeness (QED) is 0.903. The van der Waals surface area contributed by atoms with Crippen molar-refractivity contribution in [1.29, 1.82) is 5.26 Å². The zero-order chi connectivity index (χ0) is 12.9. The summed E-state index contributed by atoms with van der Waals surface area (Å²) in [5.74, 6) is -0.395. The van der Waals surface area contributed by atoms with Gasteiger partial charge in [-0.3, -0.25) is 0 Å². The highest BCUT2D eigenvalue weighted by Crippen LogP contribution is 2.12. The van der Waals surface area contributed by atoms with E-state index in [4.69, 9.17) is 5.26 Å². The van der Waals surface area contributed by atoms with Gasteiger partial charge in [-0.15, -0.1) is 0 Å². The molecule has 1 atom stereocenters. The van der Waals surface area contributed by atoms with Crippen LogP contribution in [0, 0.1) is 17.2 Å². The van der Waals surface area contributed by atoms with Crippen molar-refractivity contribution in [1.82, 2.24) is 4.72 Å². The topological polar surface area (TPSA) is 70.0 Å². The van der Waals surface area contributed by atoms with Crippen molar-refractivity contribution in [3.63, 3.8) is 0 Å². The van der Waals surface area contributed by atoms with Crippen LogP contribution in [0.4, 0.5) is 0 Å². The molecule has 4 nitrogen and oxygen atoms in total. The van der Waals surface area contributed by atoms with Crippen LogP contribution in [-0.2, 0) is 15.8 Å². The molecule has 0 aliphatic carbocycles. The van der Waals surface area contributed by atoms with E-state index in [1.54, 1.807) is 31.2 Å². The Bertz CT molecular complexity index is 505. The molecule has 6 heteroatoms. The first-order chi connectivity index (χ1) is 7.93. The molecule has 0 bridgehead atoms. The molecule has 0 aliphatic heterocycles. The molecule has 0 radical (unpaired) electrons. The molecule has 0 aliphatic rings. The van der Waals surface area contributed by atoms with Gasteiger partial charge in [0.2, 0.25) is 10.0 Å². The fourth-order valence-electron chi connectivity index (χ4n) is 1.15. The minimum Gasteiger partial charge on any atom is -0.214 e. The third-order valence-electron chi connectivity index (χ3n) is 2.10. The molecule has 1 aromatic rings. The Kier molecular flexibility index (Phi) is 5.12. The van der Waals surface area contributed by atoms with E-state index in [0.29, 0.717) is 5.56 Å². The predicted octanol–water partition coefficient (Wildman–Crippen LogP) is 2.03. The maximum atomic E-state index is 11.7. The lowest BCUT2D eigenvalue weighted by Crippen LogP contribution is -2.29. The Labute approximate surface area is 110 Å². The fraction of sp³-hybridized carbons (Fsp3) is 0.364. The van der Waals surface area contributed by atoms with Crippen LogP contribution in [0.25, 0.3) is 0 Å². The summed E-state index contributed by atoms with van der Waals surface area (Å²) < 4.78 is 26.7. The summed E-state index contributed by atoms with van der Waals surface area (Å²) in [4.78, 5) is 0. The van der Waals surface area contributed by atoms with E-state index in [1.165, 1.54) is 0 Å². The average molecular weight is 317 g/mol. The van der Waals surface area contributed by atoms with E-state index < -0.39 is 10.0 Å². The lowest BCUT2D eigenvalue weighted by Gasteiger charge is -2.07. The van der Waals surface area contributed by atoms with Crippen LogP contribution in [0.2, 0.25) is 0 Å². The summed E-state index contributed by atoms with van der Waals surface area (Å²) in [7, 11) is -3.37. The molecule has 92 valence electrons. The summed E-state index contributed by atoms with van der Waals surface area (Å²) in [5.41, 5.74) is 0.713.